The van der Waals surface area contributed by atoms with E-state index in [2.05, 4.69) is 25.6 Å². The number of benzene rings is 1. The van der Waals surface area contributed by atoms with Crippen molar-refractivity contribution in [2.24, 2.45) is 0 Å². The predicted octanol–water partition coefficient (Wildman–Crippen LogP) is 1.15. The number of ether oxygens (including phenoxy) is 1. The molecule has 0 aliphatic rings. The van der Waals surface area contributed by atoms with E-state index in [0.29, 0.717) is 10.1 Å². The molecule has 0 spiro atoms. The van der Waals surface area contributed by atoms with Gasteiger partial charge < -0.3 is 9.84 Å². The van der Waals surface area contributed by atoms with Crippen molar-refractivity contribution in [2.45, 2.75) is 24.5 Å². The highest BCUT2D eigenvalue weighted by molar-refractivity contribution is 9.10. The van der Waals surface area contributed by atoms with Gasteiger partial charge in [0.05, 0.1) is 17.2 Å². The zero-order chi connectivity index (χ0) is 21.9. The van der Waals surface area contributed by atoms with Gasteiger partial charge in [-0.15, -0.1) is 0 Å². The van der Waals surface area contributed by atoms with Gasteiger partial charge in [-0.05, 0) is 42.8 Å². The topological polar surface area (TPSA) is 127 Å². The molecule has 9 nitrogen and oxygen atoms in total. The Labute approximate surface area is 180 Å². The number of aryl methyl sites for hydroxylation is 1. The lowest BCUT2D eigenvalue weighted by Crippen LogP contribution is -2.44. The Morgan fingerprint density at radius 1 is 1.27 bits per heavy atom. The van der Waals surface area contributed by atoms with E-state index in [1.54, 1.807) is 18.3 Å². The SMILES string of the molecule is Cc1ccc2nc(COC(=O)C(CO)NS(=O)(=O)c3ccc(Br)cc3)cc(=O)n2c1. The highest BCUT2D eigenvalue weighted by Gasteiger charge is 2.26. The summed E-state index contributed by atoms with van der Waals surface area (Å²) in [6.07, 6.45) is 1.64. The zero-order valence-electron chi connectivity index (χ0n) is 15.8. The molecule has 158 valence electrons. The summed E-state index contributed by atoms with van der Waals surface area (Å²) < 4.78 is 34.0. The van der Waals surface area contributed by atoms with Crippen molar-refractivity contribution in [3.05, 3.63) is 74.7 Å². The molecule has 30 heavy (non-hydrogen) atoms. The molecular formula is C19H18BrN3O6S. The van der Waals surface area contributed by atoms with Crippen molar-refractivity contribution >= 4 is 37.6 Å². The first-order valence-corrected chi connectivity index (χ1v) is 11.0. The number of halogens is 1. The Hall–Kier alpha value is -2.60. The average molecular weight is 496 g/mol. The average Bonchev–Trinajstić information content (AvgIpc) is 2.71. The molecule has 0 saturated carbocycles. The van der Waals surface area contributed by atoms with Crippen LogP contribution in [0.25, 0.3) is 5.65 Å². The Morgan fingerprint density at radius 3 is 2.63 bits per heavy atom. The number of aliphatic hydroxyl groups excluding tert-OH is 1. The van der Waals surface area contributed by atoms with Crippen molar-refractivity contribution in [2.75, 3.05) is 6.61 Å². The number of sulfonamides is 1. The van der Waals surface area contributed by atoms with Crippen LogP contribution in [0.5, 0.6) is 0 Å². The van der Waals surface area contributed by atoms with Gasteiger partial charge in [0, 0.05) is 16.7 Å². The monoisotopic (exact) mass is 495 g/mol. The van der Waals surface area contributed by atoms with Crippen LogP contribution in [0.4, 0.5) is 0 Å². The van der Waals surface area contributed by atoms with Crippen LogP contribution in [0.2, 0.25) is 0 Å². The minimum absolute atomic E-state index is 0.0727. The van der Waals surface area contributed by atoms with Crippen molar-refractivity contribution < 1.29 is 23.1 Å². The molecule has 0 amide bonds. The molecule has 2 aromatic heterocycles. The lowest BCUT2D eigenvalue weighted by Gasteiger charge is -2.15. The van der Waals surface area contributed by atoms with E-state index in [0.717, 1.165) is 5.56 Å². The molecule has 0 radical (unpaired) electrons. The summed E-state index contributed by atoms with van der Waals surface area (Å²) in [7, 11) is -4.06. The third kappa shape index (κ3) is 5.11. The molecule has 2 N–H and O–H groups in total. The maximum atomic E-state index is 12.4. The van der Waals surface area contributed by atoms with Crippen molar-refractivity contribution in [1.29, 1.82) is 0 Å². The predicted molar refractivity (Wildman–Crippen MR) is 111 cm³/mol. The maximum absolute atomic E-state index is 12.4. The summed E-state index contributed by atoms with van der Waals surface area (Å²) in [5.74, 6) is -0.996. The standard InChI is InChI=1S/C19H18BrN3O6S/c1-12-2-7-17-21-14(8-18(25)23(17)9-12)11-29-19(26)16(10-24)22-30(27,28)15-5-3-13(20)4-6-15/h2-9,16,22,24H,10-11H2,1H3. The molecule has 0 aliphatic carbocycles. The fourth-order valence-electron chi connectivity index (χ4n) is 2.61. The summed E-state index contributed by atoms with van der Waals surface area (Å²) in [6, 6.07) is 8.92. The summed E-state index contributed by atoms with van der Waals surface area (Å²) in [5, 5.41) is 9.46. The molecule has 3 rings (SSSR count). The number of hydrogen-bond acceptors (Lipinski definition) is 7. The smallest absolute Gasteiger partial charge is 0.326 e. The van der Waals surface area contributed by atoms with Crippen molar-refractivity contribution in [1.82, 2.24) is 14.1 Å². The van der Waals surface area contributed by atoms with E-state index in [9.17, 15) is 23.1 Å². The lowest BCUT2D eigenvalue weighted by atomic mass is 10.3. The third-order valence-electron chi connectivity index (χ3n) is 4.11. The number of pyridine rings is 1. The summed E-state index contributed by atoms with van der Waals surface area (Å²) in [5.41, 5.74) is 1.12. The van der Waals surface area contributed by atoms with Crippen LogP contribution in [0.3, 0.4) is 0 Å². The molecule has 0 bridgehead atoms. The first-order chi connectivity index (χ1) is 14.2. The summed E-state index contributed by atoms with van der Waals surface area (Å²) in [4.78, 5) is 28.7. The molecule has 1 unspecified atom stereocenters. The quantitative estimate of drug-likeness (QED) is 0.470. The summed E-state index contributed by atoms with van der Waals surface area (Å²) in [6.45, 7) is 0.683. The number of hydrogen-bond donors (Lipinski definition) is 2. The third-order valence-corrected chi connectivity index (χ3v) is 6.13. The molecule has 2 heterocycles. The van der Waals surface area contributed by atoms with Crippen LogP contribution in [-0.2, 0) is 26.2 Å². The first-order valence-electron chi connectivity index (χ1n) is 8.74. The number of aromatic nitrogens is 2. The van der Waals surface area contributed by atoms with E-state index in [-0.39, 0.29) is 22.8 Å². The van der Waals surface area contributed by atoms with E-state index in [4.69, 9.17) is 4.74 Å². The lowest BCUT2D eigenvalue weighted by molar-refractivity contribution is -0.148. The minimum Gasteiger partial charge on any atom is -0.458 e. The Bertz CT molecular complexity index is 1240. The van der Waals surface area contributed by atoms with Crippen molar-refractivity contribution in [3.8, 4) is 0 Å². The maximum Gasteiger partial charge on any atom is 0.326 e. The van der Waals surface area contributed by atoms with E-state index in [1.807, 2.05) is 6.92 Å². The fourth-order valence-corrected chi connectivity index (χ4v) is 4.05. The Morgan fingerprint density at radius 2 is 1.97 bits per heavy atom. The van der Waals surface area contributed by atoms with E-state index < -0.39 is 28.6 Å². The van der Waals surface area contributed by atoms with Gasteiger partial charge in [-0.3, -0.25) is 14.0 Å². The molecule has 0 fully saturated rings. The second-order valence-corrected chi connectivity index (χ2v) is 9.07. The number of rotatable bonds is 7. The zero-order valence-corrected chi connectivity index (χ0v) is 18.2. The Kier molecular flexibility index (Phi) is 6.66. The minimum atomic E-state index is -4.06. The van der Waals surface area contributed by atoms with Gasteiger partial charge in [0.2, 0.25) is 10.0 Å². The van der Waals surface area contributed by atoms with Gasteiger partial charge in [0.1, 0.15) is 18.3 Å². The second-order valence-electron chi connectivity index (χ2n) is 6.44. The molecular weight excluding hydrogens is 478 g/mol. The van der Waals surface area contributed by atoms with Crippen LogP contribution in [0.15, 0.2) is 62.8 Å². The van der Waals surface area contributed by atoms with E-state index in [1.165, 1.54) is 34.7 Å². The number of nitrogens with one attached hydrogen (secondary N) is 1. The van der Waals surface area contributed by atoms with Crippen LogP contribution < -0.4 is 10.3 Å². The number of nitrogens with zero attached hydrogens (tertiary/aromatic N) is 2. The molecule has 0 saturated heterocycles. The highest BCUT2D eigenvalue weighted by Crippen LogP contribution is 2.15. The van der Waals surface area contributed by atoms with Gasteiger partial charge in [0.25, 0.3) is 5.56 Å². The largest absolute Gasteiger partial charge is 0.458 e. The van der Waals surface area contributed by atoms with Gasteiger partial charge in [-0.1, -0.05) is 22.0 Å². The number of carbonyl (C=O) groups excluding carboxylic acids is 1. The number of carbonyl (C=O) groups is 1. The van der Waals surface area contributed by atoms with Crippen LogP contribution in [0, 0.1) is 6.92 Å². The number of esters is 1. The van der Waals surface area contributed by atoms with Crippen LogP contribution in [-0.4, -0.2) is 41.5 Å². The molecule has 1 atom stereocenters. The summed E-state index contributed by atoms with van der Waals surface area (Å²) >= 11 is 3.21. The van der Waals surface area contributed by atoms with Gasteiger partial charge in [0.15, 0.2) is 0 Å². The van der Waals surface area contributed by atoms with Gasteiger partial charge in [-0.2, -0.15) is 4.72 Å². The fraction of sp³-hybridized carbons (Fsp3) is 0.211. The number of aliphatic hydroxyl groups is 1. The highest BCUT2D eigenvalue weighted by atomic mass is 79.9. The molecule has 0 aliphatic heterocycles. The molecule has 1 aromatic carbocycles. The van der Waals surface area contributed by atoms with Crippen LogP contribution >= 0.6 is 15.9 Å². The van der Waals surface area contributed by atoms with Crippen LogP contribution in [0.1, 0.15) is 11.3 Å². The van der Waals surface area contributed by atoms with Gasteiger partial charge >= 0.3 is 5.97 Å². The van der Waals surface area contributed by atoms with Crippen molar-refractivity contribution in [3.63, 3.8) is 0 Å². The molecule has 11 heteroatoms. The van der Waals surface area contributed by atoms with Gasteiger partial charge in [-0.25, -0.2) is 13.4 Å². The molecule has 3 aromatic rings. The normalized spacial score (nSPS) is 12.6. The first kappa shape index (κ1) is 22.1. The second kappa shape index (κ2) is 9.04. The van der Waals surface area contributed by atoms with E-state index >= 15 is 0 Å². The Balaban J connectivity index is 1.71. The number of fused-ring (bicyclic) bond motifs is 1.